The first kappa shape index (κ1) is 20.6. The molecule has 8 nitrogen and oxygen atoms in total. The number of nitrogens with two attached hydrogens (primary N) is 1. The third-order valence-electron chi connectivity index (χ3n) is 3.08. The number of carbonyl (C=O) groups excluding carboxylic acids is 2. The quantitative estimate of drug-likeness (QED) is 0.508. The Morgan fingerprint density at radius 3 is 1.75 bits per heavy atom. The van der Waals surface area contributed by atoms with E-state index >= 15 is 0 Å². The van der Waals surface area contributed by atoms with Gasteiger partial charge in [-0.25, -0.2) is 20.0 Å². The lowest BCUT2D eigenvalue weighted by molar-refractivity contribution is -0.0505. The highest BCUT2D eigenvalue weighted by Crippen LogP contribution is 2.22. The van der Waals surface area contributed by atoms with E-state index in [-0.39, 0.29) is 22.9 Å². The number of hydrazine groups is 1. The fourth-order valence-corrected chi connectivity index (χ4v) is 2.02. The molecule has 0 aliphatic heterocycles. The van der Waals surface area contributed by atoms with Crippen LogP contribution in [0.2, 0.25) is 0 Å². The molecule has 0 saturated carbocycles. The Kier molecular flexibility index (Phi) is 6.84. The maximum absolute atomic E-state index is 12.4. The Balaban J connectivity index is 2.13. The molecule has 0 saturated heterocycles. The van der Waals surface area contributed by atoms with Crippen LogP contribution in [0.1, 0.15) is 0 Å². The van der Waals surface area contributed by atoms with Crippen LogP contribution >= 0.6 is 0 Å². The molecule has 4 amide bonds. The molecule has 0 unspecified atom stereocenters. The van der Waals surface area contributed by atoms with Crippen molar-refractivity contribution >= 4 is 23.4 Å². The number of alkyl halides is 4. The molecular formula is C16H14F4N4O4. The number of nitrogens with one attached hydrogen (secondary N) is 2. The Bertz CT molecular complexity index is 803. The van der Waals surface area contributed by atoms with Crippen LogP contribution in [0.25, 0.3) is 0 Å². The van der Waals surface area contributed by atoms with E-state index in [2.05, 4.69) is 20.2 Å². The third kappa shape index (κ3) is 6.23. The van der Waals surface area contributed by atoms with Crippen molar-refractivity contribution in [1.82, 2.24) is 5.43 Å². The minimum Gasteiger partial charge on any atom is -0.435 e. The second-order valence-electron chi connectivity index (χ2n) is 5.02. The molecule has 2 aromatic rings. The summed E-state index contributed by atoms with van der Waals surface area (Å²) in [5.74, 6) is -0.275. The van der Waals surface area contributed by atoms with Gasteiger partial charge in [-0.05, 0) is 48.5 Å². The lowest BCUT2D eigenvalue weighted by Gasteiger charge is -2.23. The van der Waals surface area contributed by atoms with Gasteiger partial charge in [-0.3, -0.25) is 0 Å². The lowest BCUT2D eigenvalue weighted by atomic mass is 10.3. The fourth-order valence-electron chi connectivity index (χ4n) is 2.02. The van der Waals surface area contributed by atoms with Crippen LogP contribution < -0.4 is 31.0 Å². The van der Waals surface area contributed by atoms with Crippen molar-refractivity contribution in [3.05, 3.63) is 48.5 Å². The maximum atomic E-state index is 12.4. The molecule has 0 aliphatic rings. The van der Waals surface area contributed by atoms with Crippen molar-refractivity contribution in [2.45, 2.75) is 13.2 Å². The first-order valence-electron chi connectivity index (χ1n) is 7.51. The predicted octanol–water partition coefficient (Wildman–Crippen LogP) is 3.51. The minimum atomic E-state index is -3.02. The second kappa shape index (κ2) is 9.30. The van der Waals surface area contributed by atoms with Gasteiger partial charge in [0, 0.05) is 5.69 Å². The Morgan fingerprint density at radius 1 is 0.857 bits per heavy atom. The summed E-state index contributed by atoms with van der Waals surface area (Å²) in [5.41, 5.74) is 7.38. The summed E-state index contributed by atoms with van der Waals surface area (Å²) >= 11 is 0. The molecular weight excluding hydrogens is 388 g/mol. The van der Waals surface area contributed by atoms with Crippen molar-refractivity contribution in [2.75, 3.05) is 10.3 Å². The summed E-state index contributed by atoms with van der Waals surface area (Å²) in [5, 5.41) is 3.12. The molecule has 0 radical (unpaired) electrons. The average Bonchev–Trinajstić information content (AvgIpc) is 2.61. The SMILES string of the molecule is NC(=O)NN(C(=O)Nc1ccc(OC(F)F)cc1)c1ccc(OC(F)F)cc1. The van der Waals surface area contributed by atoms with E-state index in [1.807, 2.05) is 0 Å². The van der Waals surface area contributed by atoms with Crippen LogP contribution in [0.15, 0.2) is 48.5 Å². The van der Waals surface area contributed by atoms with E-state index in [0.29, 0.717) is 0 Å². The number of amides is 4. The Morgan fingerprint density at radius 2 is 1.32 bits per heavy atom. The van der Waals surface area contributed by atoms with Crippen LogP contribution in [0.3, 0.4) is 0 Å². The number of carbonyl (C=O) groups is 2. The van der Waals surface area contributed by atoms with Gasteiger partial charge in [0.1, 0.15) is 11.5 Å². The molecule has 28 heavy (non-hydrogen) atoms. The van der Waals surface area contributed by atoms with Gasteiger partial charge >= 0.3 is 25.3 Å². The van der Waals surface area contributed by atoms with Crippen LogP contribution in [0, 0.1) is 0 Å². The number of anilines is 2. The number of urea groups is 2. The number of nitrogens with zero attached hydrogens (tertiary/aromatic N) is 1. The summed E-state index contributed by atoms with van der Waals surface area (Å²) in [7, 11) is 0. The number of primary amides is 1. The van der Waals surface area contributed by atoms with Crippen molar-refractivity contribution in [2.24, 2.45) is 5.73 Å². The molecule has 0 aromatic heterocycles. The van der Waals surface area contributed by atoms with Gasteiger partial charge < -0.3 is 20.5 Å². The highest BCUT2D eigenvalue weighted by Gasteiger charge is 2.18. The first-order valence-corrected chi connectivity index (χ1v) is 7.51. The second-order valence-corrected chi connectivity index (χ2v) is 5.02. The number of halogens is 4. The number of hydrogen-bond acceptors (Lipinski definition) is 4. The number of benzene rings is 2. The molecule has 2 aromatic carbocycles. The Labute approximate surface area is 155 Å². The van der Waals surface area contributed by atoms with Crippen molar-refractivity contribution in [3.63, 3.8) is 0 Å². The van der Waals surface area contributed by atoms with E-state index in [4.69, 9.17) is 5.73 Å². The first-order chi connectivity index (χ1) is 13.2. The summed E-state index contributed by atoms with van der Waals surface area (Å²) in [4.78, 5) is 23.6. The van der Waals surface area contributed by atoms with Gasteiger partial charge in [0.25, 0.3) is 0 Å². The predicted molar refractivity (Wildman–Crippen MR) is 90.4 cm³/mol. The monoisotopic (exact) mass is 402 g/mol. The summed E-state index contributed by atoms with van der Waals surface area (Å²) < 4.78 is 57.1. The molecule has 4 N–H and O–H groups in total. The van der Waals surface area contributed by atoms with E-state index in [0.717, 1.165) is 17.1 Å². The van der Waals surface area contributed by atoms with Crippen molar-refractivity contribution < 1.29 is 36.6 Å². The zero-order chi connectivity index (χ0) is 20.7. The zero-order valence-electron chi connectivity index (χ0n) is 13.9. The van der Waals surface area contributed by atoms with Gasteiger partial charge in [0.15, 0.2) is 0 Å². The molecule has 2 rings (SSSR count). The van der Waals surface area contributed by atoms with Gasteiger partial charge in [-0.15, -0.1) is 0 Å². The van der Waals surface area contributed by atoms with Crippen molar-refractivity contribution in [1.29, 1.82) is 0 Å². The largest absolute Gasteiger partial charge is 0.435 e. The van der Waals surface area contributed by atoms with E-state index < -0.39 is 25.3 Å². The van der Waals surface area contributed by atoms with Crippen LogP contribution in [-0.4, -0.2) is 25.3 Å². The summed E-state index contributed by atoms with van der Waals surface area (Å²) in [6, 6.07) is 7.80. The molecule has 0 atom stereocenters. The molecule has 150 valence electrons. The van der Waals surface area contributed by atoms with Crippen LogP contribution in [0.5, 0.6) is 11.5 Å². The summed E-state index contributed by atoms with van der Waals surface area (Å²) in [6.07, 6.45) is 0. The molecule has 0 aliphatic carbocycles. The number of hydrogen-bond donors (Lipinski definition) is 3. The van der Waals surface area contributed by atoms with Gasteiger partial charge in [0.2, 0.25) is 0 Å². The topological polar surface area (TPSA) is 106 Å². The fraction of sp³-hybridized carbons (Fsp3) is 0.125. The van der Waals surface area contributed by atoms with E-state index in [1.165, 1.54) is 36.4 Å². The Hall–Kier alpha value is -3.70. The molecule has 0 heterocycles. The van der Waals surface area contributed by atoms with Crippen molar-refractivity contribution in [3.8, 4) is 11.5 Å². The molecule has 0 fully saturated rings. The average molecular weight is 402 g/mol. The minimum absolute atomic E-state index is 0.0792. The highest BCUT2D eigenvalue weighted by atomic mass is 19.3. The van der Waals surface area contributed by atoms with Gasteiger partial charge in [0.05, 0.1) is 5.69 Å². The van der Waals surface area contributed by atoms with Gasteiger partial charge in [-0.1, -0.05) is 0 Å². The van der Waals surface area contributed by atoms with Gasteiger partial charge in [-0.2, -0.15) is 17.6 Å². The number of ether oxygens (including phenoxy) is 2. The standard InChI is InChI=1S/C16H14F4N4O4/c17-13(18)27-11-5-1-9(2-6-11)22-16(26)24(23-15(21)25)10-3-7-12(8-4-10)28-14(19)20/h1-8,13-14H,(H,22,26)(H3,21,23,25). The van der Waals surface area contributed by atoms with E-state index in [1.54, 1.807) is 0 Å². The molecule has 12 heteroatoms. The molecule has 0 bridgehead atoms. The maximum Gasteiger partial charge on any atom is 0.387 e. The van der Waals surface area contributed by atoms with E-state index in [9.17, 15) is 27.2 Å². The number of rotatable bonds is 6. The highest BCUT2D eigenvalue weighted by molar-refractivity contribution is 6.03. The zero-order valence-corrected chi connectivity index (χ0v) is 13.9. The molecule has 0 spiro atoms. The van der Waals surface area contributed by atoms with Crippen LogP contribution in [-0.2, 0) is 0 Å². The normalized spacial score (nSPS) is 10.5. The smallest absolute Gasteiger partial charge is 0.387 e. The van der Waals surface area contributed by atoms with Crippen LogP contribution in [0.4, 0.5) is 38.5 Å². The lowest BCUT2D eigenvalue weighted by Crippen LogP contribution is -2.50. The third-order valence-corrected chi connectivity index (χ3v) is 3.08. The summed E-state index contributed by atoms with van der Waals surface area (Å²) in [6.45, 7) is -6.02.